The van der Waals surface area contributed by atoms with E-state index in [9.17, 15) is 18.0 Å². The standard InChI is InChI=1S/C7H9F3N2O2/c1-2-14-6(13)4(3-11)5(12)7(8,9)10/h3,11H,2,12H2,1H3/b5-4+,11-3?. The summed E-state index contributed by atoms with van der Waals surface area (Å²) < 4.78 is 40.3. The van der Waals surface area contributed by atoms with Crippen LogP contribution in [-0.4, -0.2) is 25.0 Å². The maximum atomic E-state index is 12.0. The fourth-order valence-electron chi connectivity index (χ4n) is 0.608. The van der Waals surface area contributed by atoms with Crippen molar-refractivity contribution in [1.29, 1.82) is 5.41 Å². The predicted octanol–water partition coefficient (Wildman–Crippen LogP) is 0.974. The summed E-state index contributed by atoms with van der Waals surface area (Å²) in [4.78, 5) is 10.9. The first-order chi connectivity index (χ1) is 6.34. The van der Waals surface area contributed by atoms with Crippen molar-refractivity contribution in [2.75, 3.05) is 6.61 Å². The lowest BCUT2D eigenvalue weighted by molar-refractivity contribution is -0.139. The zero-order valence-corrected chi connectivity index (χ0v) is 7.31. The number of carbonyl (C=O) groups is 1. The van der Waals surface area contributed by atoms with E-state index in [1.54, 1.807) is 0 Å². The largest absolute Gasteiger partial charge is 0.462 e. The summed E-state index contributed by atoms with van der Waals surface area (Å²) in [5, 5.41) is 6.62. The maximum Gasteiger partial charge on any atom is 0.431 e. The second kappa shape index (κ2) is 4.64. The van der Waals surface area contributed by atoms with Crippen LogP contribution in [0.5, 0.6) is 0 Å². The Balaban J connectivity index is 5.04. The Morgan fingerprint density at radius 1 is 1.57 bits per heavy atom. The minimum atomic E-state index is -4.83. The first kappa shape index (κ1) is 12.5. The van der Waals surface area contributed by atoms with Crippen LogP contribution in [0.2, 0.25) is 0 Å². The average Bonchev–Trinajstić information content (AvgIpc) is 2.04. The van der Waals surface area contributed by atoms with Crippen LogP contribution < -0.4 is 5.73 Å². The minimum Gasteiger partial charge on any atom is -0.462 e. The topological polar surface area (TPSA) is 76.2 Å². The molecular weight excluding hydrogens is 201 g/mol. The second-order valence-corrected chi connectivity index (χ2v) is 2.19. The lowest BCUT2D eigenvalue weighted by Crippen LogP contribution is -2.26. The Labute approximate surface area is 78.0 Å². The van der Waals surface area contributed by atoms with Crippen molar-refractivity contribution in [2.45, 2.75) is 13.1 Å². The third-order valence-electron chi connectivity index (χ3n) is 1.24. The molecule has 14 heavy (non-hydrogen) atoms. The number of nitrogens with two attached hydrogens (primary N) is 1. The van der Waals surface area contributed by atoms with Gasteiger partial charge in [-0.05, 0) is 6.92 Å². The first-order valence-electron chi connectivity index (χ1n) is 3.59. The van der Waals surface area contributed by atoms with Gasteiger partial charge in [-0.1, -0.05) is 0 Å². The van der Waals surface area contributed by atoms with Crippen LogP contribution in [0, 0.1) is 5.41 Å². The number of hydrogen-bond acceptors (Lipinski definition) is 4. The van der Waals surface area contributed by atoms with Crippen molar-refractivity contribution in [2.24, 2.45) is 5.73 Å². The van der Waals surface area contributed by atoms with Gasteiger partial charge in [0.2, 0.25) is 0 Å². The van der Waals surface area contributed by atoms with Gasteiger partial charge in [0, 0.05) is 6.21 Å². The van der Waals surface area contributed by atoms with Gasteiger partial charge in [-0.25, -0.2) is 4.79 Å². The van der Waals surface area contributed by atoms with E-state index < -0.39 is 23.4 Å². The molecule has 80 valence electrons. The Kier molecular flexibility index (Phi) is 4.13. The van der Waals surface area contributed by atoms with E-state index >= 15 is 0 Å². The van der Waals surface area contributed by atoms with Crippen LogP contribution >= 0.6 is 0 Å². The number of halogens is 3. The number of alkyl halides is 3. The van der Waals surface area contributed by atoms with Crippen molar-refractivity contribution in [3.63, 3.8) is 0 Å². The SMILES string of the molecule is CCOC(=O)/C(C=N)=C(/N)C(F)(F)F. The molecule has 0 aromatic heterocycles. The van der Waals surface area contributed by atoms with Crippen LogP contribution in [-0.2, 0) is 9.53 Å². The number of esters is 1. The van der Waals surface area contributed by atoms with E-state index in [1.165, 1.54) is 6.92 Å². The average molecular weight is 210 g/mol. The molecule has 0 saturated heterocycles. The van der Waals surface area contributed by atoms with E-state index in [-0.39, 0.29) is 12.8 Å². The smallest absolute Gasteiger partial charge is 0.431 e. The second-order valence-electron chi connectivity index (χ2n) is 2.19. The zero-order valence-electron chi connectivity index (χ0n) is 7.31. The third-order valence-corrected chi connectivity index (χ3v) is 1.24. The fourth-order valence-corrected chi connectivity index (χ4v) is 0.608. The number of nitrogens with one attached hydrogen (secondary N) is 1. The normalized spacial score (nSPS) is 13.1. The van der Waals surface area contributed by atoms with E-state index in [4.69, 9.17) is 5.41 Å². The van der Waals surface area contributed by atoms with Crippen molar-refractivity contribution < 1.29 is 22.7 Å². The Morgan fingerprint density at radius 3 is 2.36 bits per heavy atom. The van der Waals surface area contributed by atoms with Gasteiger partial charge < -0.3 is 15.9 Å². The summed E-state index contributed by atoms with van der Waals surface area (Å²) in [5.74, 6) is -1.25. The molecule has 0 rings (SSSR count). The molecule has 0 amide bonds. The molecule has 0 aliphatic carbocycles. The van der Waals surface area contributed by atoms with Crippen molar-refractivity contribution in [3.05, 3.63) is 11.3 Å². The van der Waals surface area contributed by atoms with Crippen LogP contribution in [0.15, 0.2) is 11.3 Å². The summed E-state index contributed by atoms with van der Waals surface area (Å²) in [6.07, 6.45) is -4.61. The molecular formula is C7H9F3N2O2. The molecule has 0 spiro atoms. The molecule has 7 heteroatoms. The summed E-state index contributed by atoms with van der Waals surface area (Å²) >= 11 is 0. The summed E-state index contributed by atoms with van der Waals surface area (Å²) in [7, 11) is 0. The number of rotatable bonds is 3. The van der Waals surface area contributed by atoms with Gasteiger partial charge in [-0.3, -0.25) is 0 Å². The van der Waals surface area contributed by atoms with Gasteiger partial charge in [0.15, 0.2) is 0 Å². The van der Waals surface area contributed by atoms with E-state index in [0.717, 1.165) is 0 Å². The highest BCUT2D eigenvalue weighted by Gasteiger charge is 2.36. The van der Waals surface area contributed by atoms with Crippen LogP contribution in [0.3, 0.4) is 0 Å². The van der Waals surface area contributed by atoms with E-state index in [0.29, 0.717) is 0 Å². The molecule has 4 nitrogen and oxygen atoms in total. The van der Waals surface area contributed by atoms with Crippen LogP contribution in [0.4, 0.5) is 13.2 Å². The highest BCUT2D eigenvalue weighted by atomic mass is 19.4. The van der Waals surface area contributed by atoms with Crippen molar-refractivity contribution >= 4 is 12.2 Å². The fraction of sp³-hybridized carbons (Fsp3) is 0.429. The van der Waals surface area contributed by atoms with Crippen molar-refractivity contribution in [3.8, 4) is 0 Å². The molecule has 0 aliphatic heterocycles. The number of ether oxygens (including phenoxy) is 1. The molecule has 0 heterocycles. The monoisotopic (exact) mass is 210 g/mol. The van der Waals surface area contributed by atoms with Gasteiger partial charge >= 0.3 is 12.1 Å². The van der Waals surface area contributed by atoms with E-state index in [1.807, 2.05) is 0 Å². The maximum absolute atomic E-state index is 12.0. The van der Waals surface area contributed by atoms with Crippen molar-refractivity contribution in [1.82, 2.24) is 0 Å². The molecule has 3 N–H and O–H groups in total. The molecule has 0 saturated carbocycles. The Bertz CT molecular complexity index is 271. The van der Waals surface area contributed by atoms with Gasteiger partial charge in [0.1, 0.15) is 11.3 Å². The molecule has 0 unspecified atom stereocenters. The quantitative estimate of drug-likeness (QED) is 0.414. The molecule has 0 radical (unpaired) electrons. The summed E-state index contributed by atoms with van der Waals surface area (Å²) in [6, 6.07) is 0. The molecule has 0 bridgehead atoms. The molecule has 0 aromatic rings. The van der Waals surface area contributed by atoms with Crippen LogP contribution in [0.25, 0.3) is 0 Å². The van der Waals surface area contributed by atoms with Gasteiger partial charge in [0.05, 0.1) is 6.61 Å². The zero-order chi connectivity index (χ0) is 11.4. The van der Waals surface area contributed by atoms with E-state index in [2.05, 4.69) is 10.5 Å². The minimum absolute atomic E-state index is 0.0820. The lowest BCUT2D eigenvalue weighted by Gasteiger charge is -2.09. The van der Waals surface area contributed by atoms with Gasteiger partial charge in [0.25, 0.3) is 0 Å². The molecule has 0 aromatic carbocycles. The number of allylic oxidation sites excluding steroid dienone is 1. The van der Waals surface area contributed by atoms with Crippen LogP contribution in [0.1, 0.15) is 6.92 Å². The number of carbonyl (C=O) groups excluding carboxylic acids is 1. The van der Waals surface area contributed by atoms with Gasteiger partial charge in [-0.2, -0.15) is 13.2 Å². The highest BCUT2D eigenvalue weighted by molar-refractivity contribution is 6.09. The predicted molar refractivity (Wildman–Crippen MR) is 42.7 cm³/mol. The highest BCUT2D eigenvalue weighted by Crippen LogP contribution is 2.23. The van der Waals surface area contributed by atoms with Gasteiger partial charge in [-0.15, -0.1) is 0 Å². The molecule has 0 atom stereocenters. The third kappa shape index (κ3) is 3.08. The Morgan fingerprint density at radius 2 is 2.07 bits per heavy atom. The molecule has 0 fully saturated rings. The first-order valence-corrected chi connectivity index (χ1v) is 3.59. The number of hydrogen-bond donors (Lipinski definition) is 2. The molecule has 0 aliphatic rings. The summed E-state index contributed by atoms with van der Waals surface area (Å²) in [6.45, 7) is 1.35. The lowest BCUT2D eigenvalue weighted by atomic mass is 10.2. The Hall–Kier alpha value is -1.53. The summed E-state index contributed by atoms with van der Waals surface area (Å²) in [5.41, 5.74) is 2.03.